The van der Waals surface area contributed by atoms with Crippen LogP contribution in [0.2, 0.25) is 0 Å². The highest BCUT2D eigenvalue weighted by molar-refractivity contribution is 9.11. The monoisotopic (exact) mass is 188 g/mol. The Bertz CT molecular complexity index is 102. The normalized spacial score (nSPS) is 14.4. The molecule has 0 N–H and O–H groups in total. The van der Waals surface area contributed by atoms with Crippen molar-refractivity contribution in [3.05, 3.63) is 10.6 Å². The lowest BCUT2D eigenvalue weighted by molar-refractivity contribution is -0.0829. The molecule has 0 radical (unpaired) electrons. The summed E-state index contributed by atoms with van der Waals surface area (Å²) in [4.78, 5) is 0. The molecule has 0 spiro atoms. The van der Waals surface area contributed by atoms with Crippen molar-refractivity contribution in [2.24, 2.45) is 0 Å². The first kappa shape index (κ1) is 8.01. The summed E-state index contributed by atoms with van der Waals surface area (Å²) in [5.74, 6) is 0. The van der Waals surface area contributed by atoms with Crippen LogP contribution in [0.5, 0.6) is 0 Å². The molecule has 0 heterocycles. The molecular formula is C4H4BrF3. The summed E-state index contributed by atoms with van der Waals surface area (Å²) in [5, 5.41) is 0. The van der Waals surface area contributed by atoms with Crippen LogP contribution in [0.4, 0.5) is 13.2 Å². The van der Waals surface area contributed by atoms with E-state index in [9.17, 15) is 13.2 Å². The van der Waals surface area contributed by atoms with Crippen LogP contribution in [0.1, 0.15) is 6.92 Å². The van der Waals surface area contributed by atoms with Gasteiger partial charge in [-0.1, -0.05) is 6.08 Å². The van der Waals surface area contributed by atoms with Crippen molar-refractivity contribution in [3.63, 3.8) is 0 Å². The zero-order valence-electron chi connectivity index (χ0n) is 4.09. The topological polar surface area (TPSA) is 0 Å². The van der Waals surface area contributed by atoms with Gasteiger partial charge in [-0.05, 0) is 22.9 Å². The van der Waals surface area contributed by atoms with Gasteiger partial charge in [-0.15, -0.1) is 0 Å². The summed E-state index contributed by atoms with van der Waals surface area (Å²) in [6.45, 7) is 1.32. The zero-order valence-corrected chi connectivity index (χ0v) is 5.68. The highest BCUT2D eigenvalue weighted by Crippen LogP contribution is 2.29. The van der Waals surface area contributed by atoms with E-state index < -0.39 is 10.7 Å². The van der Waals surface area contributed by atoms with Gasteiger partial charge in [-0.3, -0.25) is 0 Å². The van der Waals surface area contributed by atoms with Gasteiger partial charge in [0.25, 0.3) is 0 Å². The van der Waals surface area contributed by atoms with Crippen LogP contribution in [0.15, 0.2) is 10.6 Å². The van der Waals surface area contributed by atoms with Gasteiger partial charge in [0.2, 0.25) is 0 Å². The quantitative estimate of drug-likeness (QED) is 0.549. The first-order valence-corrected chi connectivity index (χ1v) is 2.66. The summed E-state index contributed by atoms with van der Waals surface area (Å²) in [6, 6.07) is 0. The van der Waals surface area contributed by atoms with Gasteiger partial charge < -0.3 is 0 Å². The Morgan fingerprint density at radius 3 is 1.88 bits per heavy atom. The van der Waals surface area contributed by atoms with Crippen LogP contribution in [0, 0.1) is 0 Å². The van der Waals surface area contributed by atoms with Gasteiger partial charge in [0.1, 0.15) is 0 Å². The predicted molar refractivity (Wildman–Crippen MR) is 28.7 cm³/mol. The number of alkyl halides is 3. The van der Waals surface area contributed by atoms with E-state index in [2.05, 4.69) is 15.9 Å². The van der Waals surface area contributed by atoms with E-state index in [1.54, 1.807) is 0 Å². The standard InChI is InChI=1S/C4H4BrF3/c1-2-3(5)4(6,7)8/h2H,1H3. The highest BCUT2D eigenvalue weighted by atomic mass is 79.9. The molecule has 0 atom stereocenters. The van der Waals surface area contributed by atoms with Gasteiger partial charge in [-0.2, -0.15) is 13.2 Å². The zero-order chi connectivity index (χ0) is 6.78. The largest absolute Gasteiger partial charge is 0.422 e. The van der Waals surface area contributed by atoms with E-state index in [1.807, 2.05) is 0 Å². The Labute approximate surface area is 53.5 Å². The Kier molecular flexibility index (Phi) is 2.53. The second kappa shape index (κ2) is 2.53. The second-order valence-corrected chi connectivity index (χ2v) is 1.99. The number of allylic oxidation sites excluding steroid dienone is 2. The lowest BCUT2D eigenvalue weighted by Gasteiger charge is -2.01. The second-order valence-electron chi connectivity index (χ2n) is 1.13. The van der Waals surface area contributed by atoms with Gasteiger partial charge in [-0.25, -0.2) is 0 Å². The molecule has 0 fully saturated rings. The van der Waals surface area contributed by atoms with Gasteiger partial charge in [0, 0.05) is 0 Å². The van der Waals surface area contributed by atoms with Crippen LogP contribution < -0.4 is 0 Å². The van der Waals surface area contributed by atoms with Gasteiger partial charge in [0.15, 0.2) is 0 Å². The van der Waals surface area contributed by atoms with Crippen LogP contribution in [-0.4, -0.2) is 6.18 Å². The summed E-state index contributed by atoms with van der Waals surface area (Å²) >= 11 is 2.33. The van der Waals surface area contributed by atoms with Gasteiger partial charge >= 0.3 is 6.18 Å². The first-order chi connectivity index (χ1) is 3.48. The third kappa shape index (κ3) is 2.35. The van der Waals surface area contributed by atoms with Gasteiger partial charge in [0.05, 0.1) is 4.48 Å². The Hall–Kier alpha value is 0.01000. The SMILES string of the molecule is CC=C(Br)C(F)(F)F. The fourth-order valence-electron chi connectivity index (χ4n) is 0.164. The smallest absolute Gasteiger partial charge is 0.166 e. The van der Waals surface area contributed by atoms with E-state index in [0.29, 0.717) is 0 Å². The van der Waals surface area contributed by atoms with E-state index in [4.69, 9.17) is 0 Å². The summed E-state index contributed by atoms with van der Waals surface area (Å²) in [7, 11) is 0. The minimum Gasteiger partial charge on any atom is -0.166 e. The van der Waals surface area contributed by atoms with E-state index >= 15 is 0 Å². The number of hydrogen-bond acceptors (Lipinski definition) is 0. The molecule has 0 aromatic heterocycles. The summed E-state index contributed by atoms with van der Waals surface area (Å²) in [5.41, 5.74) is 0. The maximum atomic E-state index is 11.3. The average molecular weight is 189 g/mol. The molecular weight excluding hydrogens is 185 g/mol. The summed E-state index contributed by atoms with van der Waals surface area (Å²) in [6.07, 6.45) is -3.26. The molecule has 0 bridgehead atoms. The lowest BCUT2D eigenvalue weighted by Crippen LogP contribution is -2.05. The van der Waals surface area contributed by atoms with Crippen molar-refractivity contribution in [1.82, 2.24) is 0 Å². The molecule has 0 unspecified atom stereocenters. The molecule has 0 rings (SSSR count). The fourth-order valence-corrected chi connectivity index (χ4v) is 0.164. The molecule has 0 saturated heterocycles. The predicted octanol–water partition coefficient (Wildman–Crippen LogP) is 2.85. The van der Waals surface area contributed by atoms with Crippen molar-refractivity contribution in [3.8, 4) is 0 Å². The molecule has 4 heteroatoms. The number of halogens is 4. The molecule has 8 heavy (non-hydrogen) atoms. The summed E-state index contributed by atoms with van der Waals surface area (Å²) < 4.78 is 33.3. The van der Waals surface area contributed by atoms with E-state index in [1.165, 1.54) is 6.92 Å². The Morgan fingerprint density at radius 1 is 1.50 bits per heavy atom. The van der Waals surface area contributed by atoms with Crippen LogP contribution in [0.3, 0.4) is 0 Å². The molecule has 0 aromatic rings. The molecule has 0 amide bonds. The Morgan fingerprint density at radius 2 is 1.88 bits per heavy atom. The third-order valence-corrected chi connectivity index (χ3v) is 1.43. The molecule has 0 aliphatic carbocycles. The van der Waals surface area contributed by atoms with Crippen LogP contribution in [-0.2, 0) is 0 Å². The van der Waals surface area contributed by atoms with Crippen molar-refractivity contribution >= 4 is 15.9 Å². The van der Waals surface area contributed by atoms with Crippen molar-refractivity contribution < 1.29 is 13.2 Å². The molecule has 0 aliphatic heterocycles. The lowest BCUT2D eigenvalue weighted by atomic mass is 10.5. The molecule has 48 valence electrons. The molecule has 0 saturated carbocycles. The first-order valence-electron chi connectivity index (χ1n) is 1.87. The molecule has 0 aromatic carbocycles. The highest BCUT2D eigenvalue weighted by Gasteiger charge is 2.30. The van der Waals surface area contributed by atoms with Crippen molar-refractivity contribution in [1.29, 1.82) is 0 Å². The minimum atomic E-state index is -4.21. The number of rotatable bonds is 0. The minimum absolute atomic E-state index is 0.731. The maximum absolute atomic E-state index is 11.3. The van der Waals surface area contributed by atoms with Crippen molar-refractivity contribution in [2.45, 2.75) is 13.1 Å². The molecule has 0 aliphatic rings. The van der Waals surface area contributed by atoms with Crippen LogP contribution in [0.25, 0.3) is 0 Å². The van der Waals surface area contributed by atoms with Crippen molar-refractivity contribution in [2.75, 3.05) is 0 Å². The third-order valence-electron chi connectivity index (χ3n) is 0.524. The molecule has 0 nitrogen and oxygen atoms in total. The van der Waals surface area contributed by atoms with E-state index in [-0.39, 0.29) is 0 Å². The Balaban J connectivity index is 4.03. The fraction of sp³-hybridized carbons (Fsp3) is 0.500. The van der Waals surface area contributed by atoms with Crippen LogP contribution >= 0.6 is 15.9 Å². The average Bonchev–Trinajstić information content (AvgIpc) is 1.62. The van der Waals surface area contributed by atoms with E-state index in [0.717, 1.165) is 6.08 Å². The number of hydrogen-bond donors (Lipinski definition) is 0. The maximum Gasteiger partial charge on any atom is 0.422 e.